The van der Waals surface area contributed by atoms with Gasteiger partial charge in [-0.25, -0.2) is 0 Å². The van der Waals surface area contributed by atoms with Crippen LogP contribution in [0.1, 0.15) is 46.6 Å². The molecule has 1 heterocycles. The van der Waals surface area contributed by atoms with Crippen LogP contribution in [0.3, 0.4) is 0 Å². The molecule has 0 fully saturated rings. The van der Waals surface area contributed by atoms with Gasteiger partial charge in [-0.3, -0.25) is 4.79 Å². The van der Waals surface area contributed by atoms with Crippen LogP contribution < -0.4 is 15.4 Å². The minimum absolute atomic E-state index is 0.125. The van der Waals surface area contributed by atoms with Crippen LogP contribution in [0.25, 0.3) is 0 Å². The highest BCUT2D eigenvalue weighted by Gasteiger charge is 2.31. The Morgan fingerprint density at radius 2 is 2.04 bits per heavy atom. The molecule has 1 atom stereocenters. The normalized spacial score (nSPS) is 16.2. The summed E-state index contributed by atoms with van der Waals surface area (Å²) >= 11 is 0. The van der Waals surface area contributed by atoms with E-state index in [1.165, 1.54) is 0 Å². The molecule has 0 saturated carbocycles. The fourth-order valence-corrected chi connectivity index (χ4v) is 3.06. The molecule has 3 rings (SSSR count). The number of ether oxygens (including phenoxy) is 1. The fraction of sp³-hybridized carbons (Fsp3) is 0.412. The summed E-state index contributed by atoms with van der Waals surface area (Å²) < 4.78 is 5.85. The zero-order valence-corrected chi connectivity index (χ0v) is 14.3. The summed E-state index contributed by atoms with van der Waals surface area (Å²) in [5.74, 6) is 1.98. The molecule has 1 aliphatic carbocycles. The molecule has 126 valence electrons. The zero-order valence-electron chi connectivity index (χ0n) is 14.3. The highest BCUT2D eigenvalue weighted by atomic mass is 16.5. The van der Waals surface area contributed by atoms with Crippen LogP contribution in [0.5, 0.6) is 5.75 Å². The topological polar surface area (TPSA) is 94.2 Å². The first-order valence-electron chi connectivity index (χ1n) is 7.84. The van der Waals surface area contributed by atoms with E-state index in [0.29, 0.717) is 29.5 Å². The molecule has 24 heavy (non-hydrogen) atoms. The predicted molar refractivity (Wildman–Crippen MR) is 91.4 cm³/mol. The summed E-state index contributed by atoms with van der Waals surface area (Å²) in [6.45, 7) is 4.22. The molecular formula is C17H21N5O2. The summed E-state index contributed by atoms with van der Waals surface area (Å²) in [4.78, 5) is 26.5. The lowest BCUT2D eigenvalue weighted by atomic mass is 9.97. The third-order valence-electron chi connectivity index (χ3n) is 4.13. The Kier molecular flexibility index (Phi) is 4.09. The van der Waals surface area contributed by atoms with Gasteiger partial charge in [0, 0.05) is 20.5 Å². The third kappa shape index (κ3) is 2.89. The maximum atomic E-state index is 12.3. The van der Waals surface area contributed by atoms with Crippen LogP contribution in [0, 0.1) is 6.92 Å². The van der Waals surface area contributed by atoms with Gasteiger partial charge in [-0.15, -0.1) is 0 Å². The number of anilines is 2. The van der Waals surface area contributed by atoms with E-state index in [9.17, 15) is 4.79 Å². The second-order valence-electron chi connectivity index (χ2n) is 6.29. The van der Waals surface area contributed by atoms with Crippen LogP contribution >= 0.6 is 0 Å². The third-order valence-corrected chi connectivity index (χ3v) is 4.13. The van der Waals surface area contributed by atoms with Crippen LogP contribution in [0.15, 0.2) is 12.1 Å². The molecule has 0 unspecified atom stereocenters. The van der Waals surface area contributed by atoms with Crippen LogP contribution in [-0.4, -0.2) is 34.8 Å². The smallest absolute Gasteiger partial charge is 0.230 e. The van der Waals surface area contributed by atoms with Gasteiger partial charge in [-0.1, -0.05) is 13.0 Å². The number of nitrogens with zero attached hydrogens (tertiary/aromatic N) is 4. The van der Waals surface area contributed by atoms with E-state index in [0.717, 1.165) is 11.1 Å². The molecule has 0 aliphatic heterocycles. The average molecular weight is 327 g/mol. The van der Waals surface area contributed by atoms with Crippen molar-refractivity contribution in [3.63, 3.8) is 0 Å². The molecule has 1 aromatic heterocycles. The molecule has 0 saturated heterocycles. The van der Waals surface area contributed by atoms with Gasteiger partial charge < -0.3 is 15.4 Å². The van der Waals surface area contributed by atoms with Crippen molar-refractivity contribution in [3.8, 4) is 5.75 Å². The zero-order chi connectivity index (χ0) is 17.4. The van der Waals surface area contributed by atoms with Crippen LogP contribution in [0.2, 0.25) is 0 Å². The Morgan fingerprint density at radius 3 is 2.75 bits per heavy atom. The average Bonchev–Trinajstić information content (AvgIpc) is 2.82. The molecule has 1 aromatic carbocycles. The number of aryl methyl sites for hydroxylation is 1. The number of Topliss-reactive ketones (excluding diaryl/α,β-unsaturated/α-hetero) is 1. The van der Waals surface area contributed by atoms with E-state index in [1.54, 1.807) is 4.90 Å². The van der Waals surface area contributed by atoms with Gasteiger partial charge in [0.05, 0.1) is 5.56 Å². The van der Waals surface area contributed by atoms with Crippen molar-refractivity contribution in [2.45, 2.75) is 32.8 Å². The first-order valence-corrected chi connectivity index (χ1v) is 7.84. The number of nitrogens with two attached hydrogens (primary N) is 1. The Morgan fingerprint density at radius 1 is 1.29 bits per heavy atom. The molecule has 0 spiro atoms. The van der Waals surface area contributed by atoms with Gasteiger partial charge in [0.2, 0.25) is 11.9 Å². The highest BCUT2D eigenvalue weighted by Crippen LogP contribution is 2.40. The summed E-state index contributed by atoms with van der Waals surface area (Å²) in [6.07, 6.45) is 0.528. The van der Waals surface area contributed by atoms with E-state index in [4.69, 9.17) is 10.5 Å². The van der Waals surface area contributed by atoms with Gasteiger partial charge in [-0.2, -0.15) is 15.0 Å². The first kappa shape index (κ1) is 16.2. The summed E-state index contributed by atoms with van der Waals surface area (Å²) in [5, 5.41) is 0. The SMILES string of the molecule is Cc1ccc(OCc2nc(N)nc(N(C)C)n2)c2c1[C@@H](C)CC2=O. The van der Waals surface area contributed by atoms with Crippen LogP contribution in [-0.2, 0) is 6.61 Å². The number of hydrogen-bond acceptors (Lipinski definition) is 7. The Labute approximate surface area is 140 Å². The van der Waals surface area contributed by atoms with E-state index < -0.39 is 0 Å². The highest BCUT2D eigenvalue weighted by molar-refractivity contribution is 6.04. The van der Waals surface area contributed by atoms with Crippen molar-refractivity contribution >= 4 is 17.7 Å². The quantitative estimate of drug-likeness (QED) is 0.919. The van der Waals surface area contributed by atoms with Crippen molar-refractivity contribution < 1.29 is 9.53 Å². The Hall–Kier alpha value is -2.70. The number of nitrogen functional groups attached to an aromatic ring is 1. The van der Waals surface area contributed by atoms with Crippen molar-refractivity contribution in [1.82, 2.24) is 15.0 Å². The second-order valence-corrected chi connectivity index (χ2v) is 6.29. The fourth-order valence-electron chi connectivity index (χ4n) is 3.06. The number of rotatable bonds is 4. The maximum Gasteiger partial charge on any atom is 0.230 e. The Bertz CT molecular complexity index is 804. The van der Waals surface area contributed by atoms with Crippen molar-refractivity contribution in [2.24, 2.45) is 0 Å². The largest absolute Gasteiger partial charge is 0.485 e. The van der Waals surface area contributed by atoms with E-state index >= 15 is 0 Å². The van der Waals surface area contributed by atoms with Gasteiger partial charge >= 0.3 is 0 Å². The minimum atomic E-state index is 0.125. The maximum absolute atomic E-state index is 12.3. The van der Waals surface area contributed by atoms with Gasteiger partial charge in [0.15, 0.2) is 11.6 Å². The first-order chi connectivity index (χ1) is 11.4. The number of fused-ring (bicyclic) bond motifs is 1. The standard InChI is InChI=1S/C17H21N5O2/c1-9-5-6-12(15-11(23)7-10(2)14(9)15)24-8-13-19-16(18)21-17(20-13)22(3)4/h5-6,10H,7-8H2,1-4H3,(H2,18,19,20,21)/t10-/m0/s1. The monoisotopic (exact) mass is 327 g/mol. The second kappa shape index (κ2) is 6.07. The molecule has 2 N–H and O–H groups in total. The summed E-state index contributed by atoms with van der Waals surface area (Å²) in [7, 11) is 3.65. The molecule has 7 heteroatoms. The van der Waals surface area contributed by atoms with E-state index in [2.05, 4.69) is 21.9 Å². The van der Waals surface area contributed by atoms with Crippen LogP contribution in [0.4, 0.5) is 11.9 Å². The molecule has 1 aliphatic rings. The number of carbonyl (C=O) groups excluding carboxylic acids is 1. The predicted octanol–water partition coefficient (Wildman–Crippen LogP) is 2.10. The van der Waals surface area contributed by atoms with Gasteiger partial charge in [0.1, 0.15) is 12.4 Å². The molecule has 7 nitrogen and oxygen atoms in total. The molecule has 0 bridgehead atoms. The number of aromatic nitrogens is 3. The molecule has 2 aromatic rings. The lowest BCUT2D eigenvalue weighted by Gasteiger charge is -2.14. The molecular weight excluding hydrogens is 306 g/mol. The van der Waals surface area contributed by atoms with E-state index in [-0.39, 0.29) is 24.3 Å². The summed E-state index contributed by atoms with van der Waals surface area (Å²) in [5.41, 5.74) is 8.62. The van der Waals surface area contributed by atoms with Crippen molar-refractivity contribution in [3.05, 3.63) is 34.6 Å². The number of hydrogen-bond donors (Lipinski definition) is 1. The Balaban J connectivity index is 1.88. The lowest BCUT2D eigenvalue weighted by molar-refractivity contribution is 0.0986. The molecule has 0 radical (unpaired) electrons. The van der Waals surface area contributed by atoms with E-state index in [1.807, 2.05) is 33.2 Å². The number of carbonyl (C=O) groups is 1. The number of benzene rings is 1. The molecule has 0 amide bonds. The number of ketones is 1. The van der Waals surface area contributed by atoms with Gasteiger partial charge in [-0.05, 0) is 30.0 Å². The lowest BCUT2D eigenvalue weighted by Crippen LogP contribution is -2.17. The van der Waals surface area contributed by atoms with Gasteiger partial charge in [0.25, 0.3) is 0 Å². The minimum Gasteiger partial charge on any atom is -0.485 e. The summed E-state index contributed by atoms with van der Waals surface area (Å²) in [6, 6.07) is 3.82. The van der Waals surface area contributed by atoms with Crippen molar-refractivity contribution in [2.75, 3.05) is 24.7 Å². The van der Waals surface area contributed by atoms with Crippen molar-refractivity contribution in [1.29, 1.82) is 0 Å².